The zero-order valence-electron chi connectivity index (χ0n) is 19.2. The molecule has 0 N–H and O–H groups in total. The topological polar surface area (TPSA) is 49.9 Å². The summed E-state index contributed by atoms with van der Waals surface area (Å²) >= 11 is 0. The molecule has 30 heavy (non-hydrogen) atoms. The normalized spacial score (nSPS) is 19.8. The maximum atomic E-state index is 12.9. The molecule has 164 valence electrons. The molecule has 0 bridgehead atoms. The third-order valence-corrected chi connectivity index (χ3v) is 4.95. The first-order chi connectivity index (χ1) is 14.4. The van der Waals surface area contributed by atoms with E-state index in [-0.39, 0.29) is 24.0 Å². The van der Waals surface area contributed by atoms with Crippen molar-refractivity contribution in [2.24, 2.45) is 0 Å². The standard InChI is InChI=1S/C23H30N2O3.C2H6/c1-6-8-9-20(7-2)22(26)25-17(3)14-24(15-18(25)4)16-19-10-12-21(13-11-19)23(27)28-5;1-2/h6-13,17-18H,2,14-16H2,1,3-5H3;1-2H3/b8-6-,20-9+;/t17-,18?;/m0./s1. The van der Waals surface area contributed by atoms with E-state index in [0.29, 0.717) is 11.1 Å². The van der Waals surface area contributed by atoms with Gasteiger partial charge in [-0.25, -0.2) is 4.79 Å². The van der Waals surface area contributed by atoms with Gasteiger partial charge in [0.15, 0.2) is 0 Å². The Hall–Kier alpha value is -2.66. The van der Waals surface area contributed by atoms with Crippen molar-refractivity contribution in [3.63, 3.8) is 0 Å². The Kier molecular flexibility index (Phi) is 10.8. The Bertz CT molecular complexity index is 753. The van der Waals surface area contributed by atoms with Crippen molar-refractivity contribution < 1.29 is 14.3 Å². The fourth-order valence-electron chi connectivity index (χ4n) is 3.66. The first kappa shape index (κ1) is 25.4. The molecule has 5 nitrogen and oxygen atoms in total. The van der Waals surface area contributed by atoms with Gasteiger partial charge in [-0.15, -0.1) is 0 Å². The summed E-state index contributed by atoms with van der Waals surface area (Å²) in [6, 6.07) is 7.68. The number of piperazine rings is 1. The maximum absolute atomic E-state index is 12.9. The average molecular weight is 413 g/mol. The lowest BCUT2D eigenvalue weighted by Gasteiger charge is -2.44. The van der Waals surface area contributed by atoms with Gasteiger partial charge in [0.1, 0.15) is 0 Å². The maximum Gasteiger partial charge on any atom is 0.337 e. The number of hydrogen-bond donors (Lipinski definition) is 0. The molecule has 0 spiro atoms. The summed E-state index contributed by atoms with van der Waals surface area (Å²) in [6.07, 6.45) is 7.19. The van der Waals surface area contributed by atoms with E-state index in [2.05, 4.69) is 25.3 Å². The summed E-state index contributed by atoms with van der Waals surface area (Å²) in [5, 5.41) is 0. The van der Waals surface area contributed by atoms with Crippen molar-refractivity contribution in [2.75, 3.05) is 20.2 Å². The lowest BCUT2D eigenvalue weighted by Crippen LogP contribution is -2.58. The monoisotopic (exact) mass is 412 g/mol. The minimum Gasteiger partial charge on any atom is -0.465 e. The molecular weight excluding hydrogens is 376 g/mol. The molecule has 0 aromatic heterocycles. The molecule has 1 aliphatic heterocycles. The molecule has 1 heterocycles. The fourth-order valence-corrected chi connectivity index (χ4v) is 3.66. The summed E-state index contributed by atoms with van der Waals surface area (Å²) in [7, 11) is 1.38. The van der Waals surface area contributed by atoms with Crippen LogP contribution in [0.15, 0.2) is 60.7 Å². The van der Waals surface area contributed by atoms with Crippen molar-refractivity contribution >= 4 is 11.9 Å². The van der Waals surface area contributed by atoms with Gasteiger partial charge in [-0.2, -0.15) is 0 Å². The number of methoxy groups -OCH3 is 1. The number of benzene rings is 1. The van der Waals surface area contributed by atoms with Crippen LogP contribution < -0.4 is 0 Å². The van der Waals surface area contributed by atoms with E-state index in [1.807, 2.05) is 56.0 Å². The molecular formula is C25H36N2O3. The second-order valence-corrected chi connectivity index (χ2v) is 7.14. The number of carbonyl (C=O) groups excluding carboxylic acids is 2. The first-order valence-corrected chi connectivity index (χ1v) is 10.6. The van der Waals surface area contributed by atoms with Gasteiger partial charge in [0.2, 0.25) is 0 Å². The molecule has 1 fully saturated rings. The highest BCUT2D eigenvalue weighted by atomic mass is 16.5. The Morgan fingerprint density at radius 1 is 1.13 bits per heavy atom. The lowest BCUT2D eigenvalue weighted by atomic mass is 10.0. The molecule has 1 amide bonds. The zero-order chi connectivity index (χ0) is 22.7. The largest absolute Gasteiger partial charge is 0.465 e. The number of allylic oxidation sites excluding steroid dienone is 3. The van der Waals surface area contributed by atoms with Gasteiger partial charge in [-0.1, -0.05) is 50.8 Å². The molecule has 2 rings (SSSR count). The Morgan fingerprint density at radius 2 is 1.70 bits per heavy atom. The molecule has 1 saturated heterocycles. The van der Waals surface area contributed by atoms with Crippen LogP contribution in [0.1, 0.15) is 50.5 Å². The van der Waals surface area contributed by atoms with Crippen molar-refractivity contribution in [2.45, 2.75) is 53.2 Å². The minimum absolute atomic E-state index is 0.0233. The predicted molar refractivity (Wildman–Crippen MR) is 123 cm³/mol. The second-order valence-electron chi connectivity index (χ2n) is 7.14. The highest BCUT2D eigenvalue weighted by molar-refractivity contribution is 5.96. The second kappa shape index (κ2) is 12.8. The summed E-state index contributed by atoms with van der Waals surface area (Å²) in [5.41, 5.74) is 2.29. The molecule has 1 aromatic carbocycles. The van der Waals surface area contributed by atoms with Crippen molar-refractivity contribution in [1.82, 2.24) is 9.80 Å². The molecule has 0 radical (unpaired) electrons. The van der Waals surface area contributed by atoms with E-state index in [1.165, 1.54) is 7.11 Å². The van der Waals surface area contributed by atoms with E-state index in [0.717, 1.165) is 25.2 Å². The Balaban J connectivity index is 0.00000218. The van der Waals surface area contributed by atoms with Crippen molar-refractivity contribution in [3.05, 3.63) is 71.8 Å². The van der Waals surface area contributed by atoms with Crippen LogP contribution in [0.25, 0.3) is 0 Å². The number of hydrogen-bond acceptors (Lipinski definition) is 4. The van der Waals surface area contributed by atoms with Gasteiger partial charge in [-0.05, 0) is 44.5 Å². The SMILES string of the molecule is C=C/C(=C\C=C/C)C(=O)N1C(C)CN(Cc2ccc(C(=O)OC)cc2)C[C@@H]1C.CC. The van der Waals surface area contributed by atoms with E-state index < -0.39 is 0 Å². The quantitative estimate of drug-likeness (QED) is 0.389. The molecule has 0 saturated carbocycles. The van der Waals surface area contributed by atoms with Gasteiger partial charge in [-0.3, -0.25) is 9.69 Å². The van der Waals surface area contributed by atoms with Gasteiger partial charge in [0, 0.05) is 37.3 Å². The predicted octanol–water partition coefficient (Wildman–Crippen LogP) is 4.61. The molecule has 0 aliphatic carbocycles. The summed E-state index contributed by atoms with van der Waals surface area (Å²) < 4.78 is 4.74. The number of carbonyl (C=O) groups is 2. The molecule has 2 atom stereocenters. The Labute approximate surface area is 181 Å². The van der Waals surface area contributed by atoms with Crippen LogP contribution in [0.3, 0.4) is 0 Å². The molecule has 1 aliphatic rings. The van der Waals surface area contributed by atoms with Crippen molar-refractivity contribution in [1.29, 1.82) is 0 Å². The molecule has 5 heteroatoms. The lowest BCUT2D eigenvalue weighted by molar-refractivity contribution is -0.134. The van der Waals surface area contributed by atoms with E-state index >= 15 is 0 Å². The van der Waals surface area contributed by atoms with Gasteiger partial charge >= 0.3 is 5.97 Å². The average Bonchev–Trinajstić information content (AvgIpc) is 2.75. The zero-order valence-corrected chi connectivity index (χ0v) is 19.2. The van der Waals surface area contributed by atoms with Crippen LogP contribution >= 0.6 is 0 Å². The smallest absolute Gasteiger partial charge is 0.337 e. The molecule has 1 aromatic rings. The highest BCUT2D eigenvalue weighted by Gasteiger charge is 2.33. The van der Waals surface area contributed by atoms with Gasteiger partial charge in [0.05, 0.1) is 12.7 Å². The summed E-state index contributed by atoms with van der Waals surface area (Å²) in [5.74, 6) is -0.305. The first-order valence-electron chi connectivity index (χ1n) is 10.6. The van der Waals surface area contributed by atoms with Gasteiger partial charge < -0.3 is 9.64 Å². The van der Waals surface area contributed by atoms with E-state index in [9.17, 15) is 9.59 Å². The van der Waals surface area contributed by atoms with E-state index in [4.69, 9.17) is 4.74 Å². The van der Waals surface area contributed by atoms with Crippen LogP contribution in [0, 0.1) is 0 Å². The number of amides is 1. The number of nitrogens with zero attached hydrogens (tertiary/aromatic N) is 2. The number of rotatable bonds is 6. The fraction of sp³-hybridized carbons (Fsp3) is 0.440. The summed E-state index contributed by atoms with van der Waals surface area (Å²) in [6.45, 7) is 16.2. The van der Waals surface area contributed by atoms with Crippen LogP contribution in [-0.2, 0) is 16.1 Å². The van der Waals surface area contributed by atoms with Crippen molar-refractivity contribution in [3.8, 4) is 0 Å². The highest BCUT2D eigenvalue weighted by Crippen LogP contribution is 2.21. The number of esters is 1. The third-order valence-electron chi connectivity index (χ3n) is 4.95. The minimum atomic E-state index is -0.329. The Morgan fingerprint density at radius 3 is 2.17 bits per heavy atom. The molecule has 1 unspecified atom stereocenters. The van der Waals surface area contributed by atoms with Crippen LogP contribution in [0.2, 0.25) is 0 Å². The van der Waals surface area contributed by atoms with Crippen LogP contribution in [-0.4, -0.2) is 54.0 Å². The van der Waals surface area contributed by atoms with Crippen LogP contribution in [0.4, 0.5) is 0 Å². The number of ether oxygens (including phenoxy) is 1. The van der Waals surface area contributed by atoms with Gasteiger partial charge in [0.25, 0.3) is 5.91 Å². The van der Waals surface area contributed by atoms with Crippen LogP contribution in [0.5, 0.6) is 0 Å². The summed E-state index contributed by atoms with van der Waals surface area (Å²) in [4.78, 5) is 28.8. The third kappa shape index (κ3) is 6.70. The van der Waals surface area contributed by atoms with E-state index in [1.54, 1.807) is 18.2 Å².